The Balaban J connectivity index is 2.34. The molecular formula is C12H13ClN4. The second kappa shape index (κ2) is 4.59. The largest absolute Gasteiger partial charge is 0.382 e. The second-order valence-electron chi connectivity index (χ2n) is 3.92. The molecule has 0 aliphatic heterocycles. The minimum absolute atomic E-state index is 0.272. The maximum Gasteiger partial charge on any atom is 0.154 e. The van der Waals surface area contributed by atoms with Gasteiger partial charge in [0.2, 0.25) is 0 Å². The minimum atomic E-state index is 0.272. The van der Waals surface area contributed by atoms with E-state index in [0.29, 0.717) is 10.8 Å². The summed E-state index contributed by atoms with van der Waals surface area (Å²) in [5, 5.41) is 3.47. The maximum absolute atomic E-state index is 6.01. The number of nitrogen functional groups attached to an aromatic ring is 1. The lowest BCUT2D eigenvalue weighted by Crippen LogP contribution is -2.00. The summed E-state index contributed by atoms with van der Waals surface area (Å²) in [4.78, 5) is 7.87. The Morgan fingerprint density at radius 2 is 1.76 bits per heavy atom. The van der Waals surface area contributed by atoms with Crippen LogP contribution >= 0.6 is 11.6 Å². The Hall–Kier alpha value is -1.81. The average Bonchev–Trinajstić information content (AvgIpc) is 2.23. The zero-order valence-corrected chi connectivity index (χ0v) is 10.4. The van der Waals surface area contributed by atoms with E-state index in [9.17, 15) is 0 Å². The Bertz CT molecular complexity index is 534. The van der Waals surface area contributed by atoms with Crippen LogP contribution < -0.4 is 11.1 Å². The molecule has 1 aromatic carbocycles. The molecule has 0 unspecified atom stereocenters. The summed E-state index contributed by atoms with van der Waals surface area (Å²) in [5.74, 6) is 0.790. The van der Waals surface area contributed by atoms with Crippen molar-refractivity contribution >= 4 is 28.9 Å². The summed E-state index contributed by atoms with van der Waals surface area (Å²) in [6.07, 6.45) is 1.38. The lowest BCUT2D eigenvalue weighted by Gasteiger charge is -2.09. The quantitative estimate of drug-likeness (QED) is 0.857. The van der Waals surface area contributed by atoms with Crippen LogP contribution in [0.25, 0.3) is 0 Å². The number of rotatable bonds is 2. The molecule has 0 radical (unpaired) electrons. The number of aryl methyl sites for hydroxylation is 2. The molecule has 0 saturated heterocycles. The monoisotopic (exact) mass is 248 g/mol. The Morgan fingerprint density at radius 3 is 2.41 bits per heavy atom. The van der Waals surface area contributed by atoms with Crippen molar-refractivity contribution in [3.05, 3.63) is 40.7 Å². The van der Waals surface area contributed by atoms with E-state index in [-0.39, 0.29) is 5.82 Å². The fraction of sp³-hybridized carbons (Fsp3) is 0.167. The number of nitrogens with two attached hydrogens (primary N) is 1. The number of hydrogen-bond acceptors (Lipinski definition) is 4. The number of hydrogen-bond donors (Lipinski definition) is 2. The van der Waals surface area contributed by atoms with Crippen molar-refractivity contribution < 1.29 is 0 Å². The van der Waals surface area contributed by atoms with Crippen molar-refractivity contribution in [3.8, 4) is 0 Å². The molecule has 0 aliphatic carbocycles. The van der Waals surface area contributed by atoms with E-state index in [1.807, 2.05) is 26.0 Å². The minimum Gasteiger partial charge on any atom is -0.382 e. The van der Waals surface area contributed by atoms with E-state index >= 15 is 0 Å². The van der Waals surface area contributed by atoms with Crippen molar-refractivity contribution in [2.24, 2.45) is 0 Å². The van der Waals surface area contributed by atoms with Crippen LogP contribution in [0.1, 0.15) is 11.1 Å². The van der Waals surface area contributed by atoms with Crippen molar-refractivity contribution in [1.82, 2.24) is 9.97 Å². The lowest BCUT2D eigenvalue weighted by molar-refractivity contribution is 1.17. The Labute approximate surface area is 105 Å². The zero-order chi connectivity index (χ0) is 12.4. The number of nitrogens with zero attached hydrogens (tertiary/aromatic N) is 2. The smallest absolute Gasteiger partial charge is 0.154 e. The molecule has 0 bridgehead atoms. The van der Waals surface area contributed by atoms with Gasteiger partial charge in [0.25, 0.3) is 0 Å². The topological polar surface area (TPSA) is 63.8 Å². The van der Waals surface area contributed by atoms with Gasteiger partial charge in [0.1, 0.15) is 17.2 Å². The fourth-order valence-electron chi connectivity index (χ4n) is 1.65. The van der Waals surface area contributed by atoms with Gasteiger partial charge < -0.3 is 11.1 Å². The molecule has 88 valence electrons. The summed E-state index contributed by atoms with van der Waals surface area (Å²) < 4.78 is 0. The van der Waals surface area contributed by atoms with E-state index in [1.165, 1.54) is 17.5 Å². The molecule has 3 N–H and O–H groups in total. The molecule has 1 aromatic heterocycles. The van der Waals surface area contributed by atoms with Crippen LogP contribution in [0.3, 0.4) is 0 Å². The fourth-order valence-corrected chi connectivity index (χ4v) is 1.80. The number of nitrogens with one attached hydrogen (secondary N) is 1. The van der Waals surface area contributed by atoms with Crippen LogP contribution in [0.15, 0.2) is 24.5 Å². The third-order valence-electron chi connectivity index (χ3n) is 2.30. The van der Waals surface area contributed by atoms with Crippen molar-refractivity contribution in [3.63, 3.8) is 0 Å². The number of halogens is 1. The van der Waals surface area contributed by atoms with Gasteiger partial charge in [0.15, 0.2) is 5.82 Å². The molecule has 0 saturated carbocycles. The van der Waals surface area contributed by atoms with Gasteiger partial charge in [0.05, 0.1) is 0 Å². The van der Waals surface area contributed by atoms with Gasteiger partial charge in [-0.1, -0.05) is 17.7 Å². The molecule has 2 aromatic rings. The maximum atomic E-state index is 6.01. The summed E-state index contributed by atoms with van der Waals surface area (Å²) in [7, 11) is 0. The average molecular weight is 249 g/mol. The standard InChI is InChI=1S/C12H13ClN4/c1-7-3-8(2)5-9(4-7)17-12-10(13)11(14)15-6-16-12/h3-6H,1-2H3,(H3,14,15,16,17). The molecule has 2 rings (SSSR count). The zero-order valence-electron chi connectivity index (χ0n) is 9.66. The van der Waals surface area contributed by atoms with Gasteiger partial charge in [0, 0.05) is 5.69 Å². The molecule has 5 heteroatoms. The van der Waals surface area contributed by atoms with Gasteiger partial charge in [-0.15, -0.1) is 0 Å². The molecule has 17 heavy (non-hydrogen) atoms. The summed E-state index contributed by atoms with van der Waals surface area (Å²) in [5.41, 5.74) is 8.89. The third-order valence-corrected chi connectivity index (χ3v) is 2.67. The molecule has 0 aliphatic rings. The Morgan fingerprint density at radius 1 is 1.12 bits per heavy atom. The van der Waals surface area contributed by atoms with Crippen LogP contribution in [-0.2, 0) is 0 Å². The normalized spacial score (nSPS) is 10.3. The molecule has 0 atom stereocenters. The lowest BCUT2D eigenvalue weighted by atomic mass is 10.1. The van der Waals surface area contributed by atoms with E-state index < -0.39 is 0 Å². The number of anilines is 3. The highest BCUT2D eigenvalue weighted by molar-refractivity contribution is 6.35. The molecule has 4 nitrogen and oxygen atoms in total. The number of aromatic nitrogens is 2. The van der Waals surface area contributed by atoms with Gasteiger partial charge in [-0.25, -0.2) is 9.97 Å². The second-order valence-corrected chi connectivity index (χ2v) is 4.30. The molecule has 0 fully saturated rings. The van der Waals surface area contributed by atoms with Gasteiger partial charge in [-0.05, 0) is 37.1 Å². The van der Waals surface area contributed by atoms with Crippen LogP contribution in [0, 0.1) is 13.8 Å². The van der Waals surface area contributed by atoms with Crippen LogP contribution in [-0.4, -0.2) is 9.97 Å². The van der Waals surface area contributed by atoms with Crippen LogP contribution in [0.4, 0.5) is 17.3 Å². The van der Waals surface area contributed by atoms with Crippen molar-refractivity contribution in [2.45, 2.75) is 13.8 Å². The summed E-state index contributed by atoms with van der Waals surface area (Å²) in [6.45, 7) is 4.07. The van der Waals surface area contributed by atoms with Gasteiger partial charge >= 0.3 is 0 Å². The predicted octanol–water partition coefficient (Wildman–Crippen LogP) is 3.07. The molecule has 0 amide bonds. The summed E-state index contributed by atoms with van der Waals surface area (Å²) >= 11 is 6.01. The van der Waals surface area contributed by atoms with E-state index in [1.54, 1.807) is 0 Å². The first-order chi connectivity index (χ1) is 8.06. The highest BCUT2D eigenvalue weighted by Crippen LogP contribution is 2.27. The van der Waals surface area contributed by atoms with Crippen LogP contribution in [0.2, 0.25) is 5.02 Å². The third kappa shape index (κ3) is 2.65. The van der Waals surface area contributed by atoms with Crippen molar-refractivity contribution in [2.75, 3.05) is 11.1 Å². The number of benzene rings is 1. The van der Waals surface area contributed by atoms with E-state index in [2.05, 4.69) is 21.4 Å². The first-order valence-corrected chi connectivity index (χ1v) is 5.55. The van der Waals surface area contributed by atoms with Gasteiger partial charge in [-0.2, -0.15) is 0 Å². The van der Waals surface area contributed by atoms with Crippen LogP contribution in [0.5, 0.6) is 0 Å². The predicted molar refractivity (Wildman–Crippen MR) is 70.7 cm³/mol. The van der Waals surface area contributed by atoms with E-state index in [0.717, 1.165) is 5.69 Å². The highest BCUT2D eigenvalue weighted by atomic mass is 35.5. The molecule has 0 spiro atoms. The summed E-state index contributed by atoms with van der Waals surface area (Å²) in [6, 6.07) is 6.13. The molecular weight excluding hydrogens is 236 g/mol. The Kier molecular flexibility index (Phi) is 3.15. The van der Waals surface area contributed by atoms with Gasteiger partial charge in [-0.3, -0.25) is 0 Å². The highest BCUT2D eigenvalue weighted by Gasteiger charge is 2.06. The molecule has 1 heterocycles. The first-order valence-electron chi connectivity index (χ1n) is 5.17. The first kappa shape index (κ1) is 11.7. The SMILES string of the molecule is Cc1cc(C)cc(Nc2ncnc(N)c2Cl)c1. The van der Waals surface area contributed by atoms with Crippen molar-refractivity contribution in [1.29, 1.82) is 0 Å². The van der Waals surface area contributed by atoms with E-state index in [4.69, 9.17) is 17.3 Å².